The zero-order valence-corrected chi connectivity index (χ0v) is 15.8. The maximum atomic E-state index is 12.2. The fraction of sp³-hybridized carbons (Fsp3) is 0.650. The minimum atomic E-state index is -0.538. The average molecular weight is 333 g/mol. The summed E-state index contributed by atoms with van der Waals surface area (Å²) in [5.41, 5.74) is 2.18. The molecule has 1 fully saturated rings. The Morgan fingerprint density at radius 2 is 1.88 bits per heavy atom. The lowest BCUT2D eigenvalue weighted by Gasteiger charge is -2.27. The molecule has 1 aliphatic rings. The van der Waals surface area contributed by atoms with E-state index < -0.39 is 17.8 Å². The predicted octanol–water partition coefficient (Wildman–Crippen LogP) is 4.86. The number of carbonyl (C=O) groups is 1. The van der Waals surface area contributed by atoms with Gasteiger partial charge in [-0.1, -0.05) is 32.9 Å². The Hall–Kier alpha value is -1.55. The Bertz CT molecular complexity index is 592. The first-order valence-corrected chi connectivity index (χ1v) is 8.76. The Morgan fingerprint density at radius 3 is 2.38 bits per heavy atom. The third kappa shape index (κ3) is 5.52. The van der Waals surface area contributed by atoms with Gasteiger partial charge in [-0.05, 0) is 62.1 Å². The molecule has 1 aliphatic carbocycles. The van der Waals surface area contributed by atoms with Crippen molar-refractivity contribution in [2.75, 3.05) is 5.32 Å². The van der Waals surface area contributed by atoms with Crippen LogP contribution >= 0.6 is 0 Å². The lowest BCUT2D eigenvalue weighted by atomic mass is 9.85. The van der Waals surface area contributed by atoms with Crippen LogP contribution in [-0.4, -0.2) is 22.9 Å². The molecular formula is C20H31NO3. The zero-order valence-electron chi connectivity index (χ0n) is 15.8. The molecule has 0 aliphatic heterocycles. The number of rotatable bonds is 4. The highest BCUT2D eigenvalue weighted by Gasteiger charge is 2.27. The SMILES string of the molecule is CC(C)(C)OC(=O)Nc1cc(C2CC2)ccc1CC(O)C(C)(C)C. The van der Waals surface area contributed by atoms with E-state index in [0.29, 0.717) is 12.3 Å². The van der Waals surface area contributed by atoms with Gasteiger partial charge >= 0.3 is 6.09 Å². The van der Waals surface area contributed by atoms with Crippen LogP contribution in [0.4, 0.5) is 10.5 Å². The summed E-state index contributed by atoms with van der Waals surface area (Å²) < 4.78 is 5.37. The van der Waals surface area contributed by atoms with E-state index in [1.165, 1.54) is 18.4 Å². The van der Waals surface area contributed by atoms with Gasteiger partial charge in [0, 0.05) is 12.1 Å². The quantitative estimate of drug-likeness (QED) is 0.827. The van der Waals surface area contributed by atoms with Crippen molar-refractivity contribution in [1.82, 2.24) is 0 Å². The van der Waals surface area contributed by atoms with Crippen LogP contribution in [0.25, 0.3) is 0 Å². The Morgan fingerprint density at radius 1 is 1.25 bits per heavy atom. The minimum Gasteiger partial charge on any atom is -0.444 e. The summed E-state index contributed by atoms with van der Waals surface area (Å²) in [5.74, 6) is 0.603. The lowest BCUT2D eigenvalue weighted by Crippen LogP contribution is -2.30. The summed E-state index contributed by atoms with van der Waals surface area (Å²) in [4.78, 5) is 12.2. The van der Waals surface area contributed by atoms with E-state index in [1.54, 1.807) is 0 Å². The second-order valence-electron chi connectivity index (χ2n) is 8.90. The summed E-state index contributed by atoms with van der Waals surface area (Å²) in [6.45, 7) is 11.6. The van der Waals surface area contributed by atoms with Crippen LogP contribution < -0.4 is 5.32 Å². The molecular weight excluding hydrogens is 302 g/mol. The molecule has 1 unspecified atom stereocenters. The number of carbonyl (C=O) groups excluding carboxylic acids is 1. The van der Waals surface area contributed by atoms with Crippen molar-refractivity contribution in [1.29, 1.82) is 0 Å². The van der Waals surface area contributed by atoms with E-state index in [0.717, 1.165) is 11.3 Å². The van der Waals surface area contributed by atoms with Crippen molar-refractivity contribution in [3.8, 4) is 0 Å². The van der Waals surface area contributed by atoms with E-state index in [2.05, 4.69) is 11.4 Å². The summed E-state index contributed by atoms with van der Waals surface area (Å²) in [6, 6.07) is 6.17. The van der Waals surface area contributed by atoms with Gasteiger partial charge < -0.3 is 9.84 Å². The molecule has 1 aromatic rings. The summed E-state index contributed by atoms with van der Waals surface area (Å²) in [7, 11) is 0. The molecule has 2 N–H and O–H groups in total. The van der Waals surface area contributed by atoms with E-state index in [-0.39, 0.29) is 5.41 Å². The molecule has 134 valence electrons. The second-order valence-corrected chi connectivity index (χ2v) is 8.90. The number of hydrogen-bond acceptors (Lipinski definition) is 3. The normalized spacial score (nSPS) is 16.6. The smallest absolute Gasteiger partial charge is 0.412 e. The second kappa shape index (κ2) is 6.75. The summed E-state index contributed by atoms with van der Waals surface area (Å²) in [5, 5.41) is 13.3. The molecule has 1 aromatic carbocycles. The van der Waals surface area contributed by atoms with Gasteiger partial charge in [-0.15, -0.1) is 0 Å². The molecule has 0 radical (unpaired) electrons. The van der Waals surface area contributed by atoms with Crippen molar-refractivity contribution >= 4 is 11.8 Å². The zero-order chi connectivity index (χ0) is 18.1. The van der Waals surface area contributed by atoms with Gasteiger partial charge in [-0.3, -0.25) is 5.32 Å². The van der Waals surface area contributed by atoms with Crippen LogP contribution in [-0.2, 0) is 11.2 Å². The van der Waals surface area contributed by atoms with Crippen LogP contribution in [0.5, 0.6) is 0 Å². The van der Waals surface area contributed by atoms with Gasteiger partial charge in [-0.2, -0.15) is 0 Å². The van der Waals surface area contributed by atoms with Gasteiger partial charge in [0.1, 0.15) is 5.60 Å². The fourth-order valence-electron chi connectivity index (χ4n) is 2.49. The third-order valence-electron chi connectivity index (χ3n) is 4.23. The number of aliphatic hydroxyl groups excluding tert-OH is 1. The van der Waals surface area contributed by atoms with Crippen LogP contribution in [0.3, 0.4) is 0 Å². The molecule has 0 bridgehead atoms. The van der Waals surface area contributed by atoms with Crippen molar-refractivity contribution in [3.05, 3.63) is 29.3 Å². The molecule has 0 aromatic heterocycles. The van der Waals surface area contributed by atoms with Gasteiger partial charge in [0.25, 0.3) is 0 Å². The lowest BCUT2D eigenvalue weighted by molar-refractivity contribution is 0.0620. The highest BCUT2D eigenvalue weighted by atomic mass is 16.6. The Balaban J connectivity index is 2.21. The van der Waals surface area contributed by atoms with Gasteiger partial charge in [0.05, 0.1) is 6.10 Å². The van der Waals surface area contributed by atoms with E-state index in [4.69, 9.17) is 4.74 Å². The number of anilines is 1. The minimum absolute atomic E-state index is 0.210. The van der Waals surface area contributed by atoms with Crippen LogP contribution in [0.1, 0.15) is 71.4 Å². The van der Waals surface area contributed by atoms with Crippen molar-refractivity contribution in [2.45, 2.75) is 78.4 Å². The van der Waals surface area contributed by atoms with Gasteiger partial charge in [0.2, 0.25) is 0 Å². The maximum absolute atomic E-state index is 12.2. The standard InChI is InChI=1S/C20H31NO3/c1-19(2,3)17(22)12-15-10-9-14(13-7-8-13)11-16(15)21-18(23)24-20(4,5)6/h9-11,13,17,22H,7-8,12H2,1-6H3,(H,21,23). The van der Waals surface area contributed by atoms with Crippen LogP contribution in [0.2, 0.25) is 0 Å². The van der Waals surface area contributed by atoms with Crippen LogP contribution in [0, 0.1) is 5.41 Å². The molecule has 0 heterocycles. The first-order chi connectivity index (χ1) is 11.0. The number of hydrogen-bond donors (Lipinski definition) is 2. The summed E-state index contributed by atoms with van der Waals surface area (Å²) >= 11 is 0. The van der Waals surface area contributed by atoms with Crippen molar-refractivity contribution in [3.63, 3.8) is 0 Å². The topological polar surface area (TPSA) is 58.6 Å². The fourth-order valence-corrected chi connectivity index (χ4v) is 2.49. The number of amides is 1. The van der Waals surface area contributed by atoms with E-state index in [9.17, 15) is 9.90 Å². The number of aliphatic hydroxyl groups is 1. The molecule has 4 heteroatoms. The molecule has 2 rings (SSSR count). The largest absolute Gasteiger partial charge is 0.444 e. The molecule has 0 spiro atoms. The molecule has 1 amide bonds. The van der Waals surface area contributed by atoms with Gasteiger partial charge in [-0.25, -0.2) is 4.79 Å². The van der Waals surface area contributed by atoms with E-state index in [1.807, 2.05) is 53.7 Å². The van der Waals surface area contributed by atoms with Crippen molar-refractivity contribution < 1.29 is 14.6 Å². The van der Waals surface area contributed by atoms with Crippen LogP contribution in [0.15, 0.2) is 18.2 Å². The molecule has 4 nitrogen and oxygen atoms in total. The highest BCUT2D eigenvalue weighted by molar-refractivity contribution is 5.86. The Labute approximate surface area is 145 Å². The number of nitrogens with one attached hydrogen (secondary N) is 1. The summed E-state index contributed by atoms with van der Waals surface area (Å²) in [6.07, 6.45) is 1.97. The van der Waals surface area contributed by atoms with Crippen molar-refractivity contribution in [2.24, 2.45) is 5.41 Å². The number of benzene rings is 1. The van der Waals surface area contributed by atoms with E-state index >= 15 is 0 Å². The number of ether oxygens (including phenoxy) is 1. The predicted molar refractivity (Wildman–Crippen MR) is 97.4 cm³/mol. The monoisotopic (exact) mass is 333 g/mol. The van der Waals surface area contributed by atoms with Gasteiger partial charge in [0.15, 0.2) is 0 Å². The molecule has 1 atom stereocenters. The average Bonchev–Trinajstić information content (AvgIpc) is 3.21. The first kappa shape index (κ1) is 18.8. The Kier molecular flexibility index (Phi) is 5.28. The third-order valence-corrected chi connectivity index (χ3v) is 4.23. The maximum Gasteiger partial charge on any atom is 0.412 e. The first-order valence-electron chi connectivity index (χ1n) is 8.76. The highest BCUT2D eigenvalue weighted by Crippen LogP contribution is 2.41. The molecule has 24 heavy (non-hydrogen) atoms. The molecule has 0 saturated heterocycles. The molecule has 1 saturated carbocycles.